The van der Waals surface area contributed by atoms with Gasteiger partial charge in [0.15, 0.2) is 0 Å². The van der Waals surface area contributed by atoms with Gasteiger partial charge in [0.05, 0.1) is 17.7 Å². The molecule has 5 nitrogen and oxygen atoms in total. The third-order valence-corrected chi connectivity index (χ3v) is 4.96. The van der Waals surface area contributed by atoms with Gasteiger partial charge in [-0.25, -0.2) is 17.5 Å². The Bertz CT molecular complexity index is 640. The van der Waals surface area contributed by atoms with Crippen molar-refractivity contribution >= 4 is 10.0 Å². The van der Waals surface area contributed by atoms with E-state index < -0.39 is 26.8 Å². The lowest BCUT2D eigenvalue weighted by atomic mass is 10.1. The van der Waals surface area contributed by atoms with E-state index in [1.807, 2.05) is 0 Å². The van der Waals surface area contributed by atoms with Gasteiger partial charge in [0.1, 0.15) is 10.7 Å². The molecule has 1 fully saturated rings. The number of rotatable bonds is 4. The molecule has 20 heavy (non-hydrogen) atoms. The van der Waals surface area contributed by atoms with Crippen molar-refractivity contribution in [3.8, 4) is 6.07 Å². The third-order valence-electron chi connectivity index (χ3n) is 3.50. The van der Waals surface area contributed by atoms with Gasteiger partial charge >= 0.3 is 0 Å². The van der Waals surface area contributed by atoms with Crippen LogP contribution in [0.25, 0.3) is 0 Å². The molecule has 0 bridgehead atoms. The third kappa shape index (κ3) is 3.15. The minimum absolute atomic E-state index is 0.0627. The van der Waals surface area contributed by atoms with Crippen LogP contribution in [0, 0.1) is 23.1 Å². The standard InChI is InChI=1S/C13H15FN2O3S/c14-11-6-9(7-15)4-5-13(11)20(18,19)16-8-10-2-1-3-12(10)17/h4-6,10,12,16-17H,1-3,8H2. The van der Waals surface area contributed by atoms with Crippen molar-refractivity contribution in [2.75, 3.05) is 6.54 Å². The highest BCUT2D eigenvalue weighted by molar-refractivity contribution is 7.89. The van der Waals surface area contributed by atoms with Crippen molar-refractivity contribution in [1.82, 2.24) is 4.72 Å². The number of aliphatic hydroxyl groups excluding tert-OH is 1. The molecule has 0 saturated heterocycles. The summed E-state index contributed by atoms with van der Waals surface area (Å²) >= 11 is 0. The second kappa shape index (κ2) is 5.87. The highest BCUT2D eigenvalue weighted by Gasteiger charge is 2.27. The van der Waals surface area contributed by atoms with Gasteiger partial charge in [-0.1, -0.05) is 6.42 Å². The molecule has 0 heterocycles. The molecular weight excluding hydrogens is 283 g/mol. The molecule has 0 amide bonds. The van der Waals surface area contributed by atoms with Crippen LogP contribution < -0.4 is 4.72 Å². The van der Waals surface area contributed by atoms with Crippen LogP contribution in [0.3, 0.4) is 0 Å². The monoisotopic (exact) mass is 298 g/mol. The molecule has 1 aromatic rings. The predicted octanol–water partition coefficient (Wildman–Crippen LogP) is 1.14. The van der Waals surface area contributed by atoms with E-state index in [1.54, 1.807) is 6.07 Å². The zero-order valence-corrected chi connectivity index (χ0v) is 11.5. The molecule has 0 aromatic heterocycles. The molecule has 0 spiro atoms. The summed E-state index contributed by atoms with van der Waals surface area (Å²) in [5.74, 6) is -1.09. The van der Waals surface area contributed by atoms with E-state index >= 15 is 0 Å². The van der Waals surface area contributed by atoms with E-state index in [4.69, 9.17) is 5.26 Å². The summed E-state index contributed by atoms with van der Waals surface area (Å²) in [6.07, 6.45) is 1.76. The van der Waals surface area contributed by atoms with Crippen LogP contribution in [0.4, 0.5) is 4.39 Å². The second-order valence-electron chi connectivity index (χ2n) is 4.87. The SMILES string of the molecule is N#Cc1ccc(S(=O)(=O)NCC2CCCC2O)c(F)c1. The Hall–Kier alpha value is -1.49. The fourth-order valence-corrected chi connectivity index (χ4v) is 3.49. The van der Waals surface area contributed by atoms with Crippen LogP contribution >= 0.6 is 0 Å². The molecule has 2 atom stereocenters. The van der Waals surface area contributed by atoms with Crippen molar-refractivity contribution in [3.05, 3.63) is 29.6 Å². The van der Waals surface area contributed by atoms with Crippen LogP contribution in [-0.4, -0.2) is 26.2 Å². The Morgan fingerprint density at radius 3 is 2.75 bits per heavy atom. The van der Waals surface area contributed by atoms with Crippen LogP contribution in [0.2, 0.25) is 0 Å². The zero-order valence-electron chi connectivity index (χ0n) is 10.7. The minimum Gasteiger partial charge on any atom is -0.393 e. The molecule has 1 aliphatic carbocycles. The first-order chi connectivity index (χ1) is 9.44. The van der Waals surface area contributed by atoms with Crippen LogP contribution in [-0.2, 0) is 10.0 Å². The van der Waals surface area contributed by atoms with Gasteiger partial charge in [0, 0.05) is 6.54 Å². The lowest BCUT2D eigenvalue weighted by molar-refractivity contribution is 0.134. The Morgan fingerprint density at radius 1 is 1.45 bits per heavy atom. The van der Waals surface area contributed by atoms with Gasteiger partial charge in [0.2, 0.25) is 10.0 Å². The molecule has 2 N–H and O–H groups in total. The largest absolute Gasteiger partial charge is 0.393 e. The molecule has 1 aliphatic rings. The van der Waals surface area contributed by atoms with E-state index in [0.29, 0.717) is 6.42 Å². The average molecular weight is 298 g/mol. The number of sulfonamides is 1. The quantitative estimate of drug-likeness (QED) is 0.872. The predicted molar refractivity (Wildman–Crippen MR) is 69.7 cm³/mol. The summed E-state index contributed by atoms with van der Waals surface area (Å²) in [5, 5.41) is 18.3. The van der Waals surface area contributed by atoms with E-state index in [-0.39, 0.29) is 18.0 Å². The Kier molecular flexibility index (Phi) is 4.38. The maximum atomic E-state index is 13.7. The van der Waals surface area contributed by atoms with Crippen molar-refractivity contribution in [2.24, 2.45) is 5.92 Å². The number of nitrogens with zero attached hydrogens (tertiary/aromatic N) is 1. The number of benzene rings is 1. The highest BCUT2D eigenvalue weighted by atomic mass is 32.2. The van der Waals surface area contributed by atoms with Gasteiger partial charge in [-0.3, -0.25) is 0 Å². The highest BCUT2D eigenvalue weighted by Crippen LogP contribution is 2.25. The van der Waals surface area contributed by atoms with Crippen molar-refractivity contribution < 1.29 is 17.9 Å². The maximum Gasteiger partial charge on any atom is 0.243 e. The first-order valence-electron chi connectivity index (χ1n) is 6.31. The fraction of sp³-hybridized carbons (Fsp3) is 0.462. The average Bonchev–Trinajstić information content (AvgIpc) is 2.81. The number of aliphatic hydroxyl groups is 1. The summed E-state index contributed by atoms with van der Waals surface area (Å²) in [5.41, 5.74) is 0.0627. The van der Waals surface area contributed by atoms with Gasteiger partial charge < -0.3 is 5.11 Å². The minimum atomic E-state index is -3.97. The topological polar surface area (TPSA) is 90.2 Å². The van der Waals surface area contributed by atoms with E-state index in [2.05, 4.69) is 4.72 Å². The Morgan fingerprint density at radius 2 is 2.20 bits per heavy atom. The van der Waals surface area contributed by atoms with Crippen molar-refractivity contribution in [1.29, 1.82) is 5.26 Å². The van der Waals surface area contributed by atoms with Crippen LogP contribution in [0.5, 0.6) is 0 Å². The lowest BCUT2D eigenvalue weighted by Crippen LogP contribution is -2.32. The Balaban J connectivity index is 2.12. The van der Waals surface area contributed by atoms with Crippen LogP contribution in [0.1, 0.15) is 24.8 Å². The van der Waals surface area contributed by atoms with E-state index in [0.717, 1.165) is 25.0 Å². The van der Waals surface area contributed by atoms with Crippen LogP contribution in [0.15, 0.2) is 23.1 Å². The van der Waals surface area contributed by atoms with Crippen molar-refractivity contribution in [3.63, 3.8) is 0 Å². The summed E-state index contributed by atoms with van der Waals surface area (Å²) in [4.78, 5) is -0.482. The molecule has 2 rings (SSSR count). The van der Waals surface area contributed by atoms with E-state index in [9.17, 15) is 17.9 Å². The smallest absolute Gasteiger partial charge is 0.243 e. The molecule has 1 aromatic carbocycles. The molecular formula is C13H15FN2O3S. The van der Waals surface area contributed by atoms with Gasteiger partial charge in [0.25, 0.3) is 0 Å². The summed E-state index contributed by atoms with van der Waals surface area (Å²) in [6.45, 7) is 0.0863. The van der Waals surface area contributed by atoms with Gasteiger partial charge in [-0.2, -0.15) is 5.26 Å². The number of nitriles is 1. The zero-order chi connectivity index (χ0) is 14.8. The molecule has 108 valence electrons. The van der Waals surface area contributed by atoms with Crippen molar-refractivity contribution in [2.45, 2.75) is 30.3 Å². The molecule has 1 saturated carbocycles. The maximum absolute atomic E-state index is 13.7. The first kappa shape index (κ1) is 14.9. The number of hydrogen-bond donors (Lipinski definition) is 2. The number of halogens is 1. The summed E-state index contributed by atoms with van der Waals surface area (Å²) in [6, 6.07) is 4.95. The lowest BCUT2D eigenvalue weighted by Gasteiger charge is -2.15. The van der Waals surface area contributed by atoms with Gasteiger partial charge in [-0.15, -0.1) is 0 Å². The fourth-order valence-electron chi connectivity index (χ4n) is 2.34. The second-order valence-corrected chi connectivity index (χ2v) is 6.60. The molecule has 0 aliphatic heterocycles. The molecule has 0 radical (unpaired) electrons. The molecule has 7 heteroatoms. The number of hydrogen-bond acceptors (Lipinski definition) is 4. The normalized spacial score (nSPS) is 22.6. The van der Waals surface area contributed by atoms with E-state index in [1.165, 1.54) is 6.07 Å². The Labute approximate surface area is 117 Å². The van der Waals surface area contributed by atoms with Gasteiger partial charge in [-0.05, 0) is 37.0 Å². The number of nitrogens with one attached hydrogen (secondary N) is 1. The summed E-state index contributed by atoms with van der Waals surface area (Å²) < 4.78 is 40.0. The summed E-state index contributed by atoms with van der Waals surface area (Å²) in [7, 11) is -3.97. The molecule has 2 unspecified atom stereocenters. The first-order valence-corrected chi connectivity index (χ1v) is 7.80.